The molecule has 1 heterocycles. The summed E-state index contributed by atoms with van der Waals surface area (Å²) in [6.45, 7) is 4.83. The van der Waals surface area contributed by atoms with Crippen LogP contribution in [0.15, 0.2) is 42.5 Å². The Bertz CT molecular complexity index is 1040. The maximum Gasteiger partial charge on any atom is 0.211 e. The van der Waals surface area contributed by atoms with E-state index in [1.165, 1.54) is 0 Å². The Morgan fingerprint density at radius 2 is 1.92 bits per heavy atom. The van der Waals surface area contributed by atoms with E-state index >= 15 is 0 Å². The number of carbonyl (C=O) groups is 1. The molecule has 25 heavy (non-hydrogen) atoms. The van der Waals surface area contributed by atoms with E-state index < -0.39 is 0 Å². The molecule has 0 aliphatic rings. The van der Waals surface area contributed by atoms with Gasteiger partial charge in [0, 0.05) is 23.2 Å². The van der Waals surface area contributed by atoms with Gasteiger partial charge < -0.3 is 9.88 Å². The standard InChI is InChI=1S/C21H17N3O/c1-3-24-20(11-7-16-5-8-17(9-6-16)23-14-25)19(13-22)18-10-4-15(2)12-21(18)24/h4-6,8-10,12,14H,3H2,1-2H3,(H,23,25). The molecule has 0 bridgehead atoms. The van der Waals surface area contributed by atoms with E-state index in [0.29, 0.717) is 12.0 Å². The Labute approximate surface area is 146 Å². The molecule has 122 valence electrons. The lowest BCUT2D eigenvalue weighted by molar-refractivity contribution is -0.105. The molecule has 0 fully saturated rings. The number of anilines is 1. The third kappa shape index (κ3) is 3.11. The number of rotatable bonds is 3. The molecule has 2 aromatic carbocycles. The molecular formula is C21H17N3O. The van der Waals surface area contributed by atoms with E-state index in [1.54, 1.807) is 12.1 Å². The number of benzene rings is 2. The first-order valence-electron chi connectivity index (χ1n) is 8.03. The third-order valence-electron chi connectivity index (χ3n) is 4.08. The van der Waals surface area contributed by atoms with Gasteiger partial charge in [-0.05, 0) is 55.7 Å². The van der Waals surface area contributed by atoms with Gasteiger partial charge in [0.1, 0.15) is 11.8 Å². The van der Waals surface area contributed by atoms with Gasteiger partial charge in [-0.1, -0.05) is 18.1 Å². The summed E-state index contributed by atoms with van der Waals surface area (Å²) >= 11 is 0. The van der Waals surface area contributed by atoms with Crippen molar-refractivity contribution < 1.29 is 4.79 Å². The zero-order valence-electron chi connectivity index (χ0n) is 14.1. The van der Waals surface area contributed by atoms with Crippen molar-refractivity contribution in [3.63, 3.8) is 0 Å². The number of hydrogen-bond acceptors (Lipinski definition) is 2. The zero-order valence-corrected chi connectivity index (χ0v) is 14.1. The molecule has 0 radical (unpaired) electrons. The van der Waals surface area contributed by atoms with E-state index in [1.807, 2.05) is 38.1 Å². The van der Waals surface area contributed by atoms with Crippen molar-refractivity contribution >= 4 is 23.0 Å². The average Bonchev–Trinajstić information content (AvgIpc) is 2.93. The summed E-state index contributed by atoms with van der Waals surface area (Å²) < 4.78 is 2.08. The Morgan fingerprint density at radius 3 is 2.56 bits per heavy atom. The van der Waals surface area contributed by atoms with E-state index in [0.717, 1.165) is 40.0 Å². The maximum atomic E-state index is 10.4. The highest BCUT2D eigenvalue weighted by molar-refractivity contribution is 5.90. The first-order chi connectivity index (χ1) is 12.2. The molecule has 0 aliphatic carbocycles. The smallest absolute Gasteiger partial charge is 0.211 e. The molecule has 1 aromatic heterocycles. The summed E-state index contributed by atoms with van der Waals surface area (Å²) in [7, 11) is 0. The van der Waals surface area contributed by atoms with Crippen LogP contribution < -0.4 is 5.32 Å². The molecule has 0 atom stereocenters. The molecule has 0 aliphatic heterocycles. The van der Waals surface area contributed by atoms with Gasteiger partial charge in [0.05, 0.1) is 11.1 Å². The van der Waals surface area contributed by atoms with E-state index in [9.17, 15) is 10.1 Å². The Kier molecular flexibility index (Phi) is 4.55. The lowest BCUT2D eigenvalue weighted by atomic mass is 10.1. The van der Waals surface area contributed by atoms with Crippen molar-refractivity contribution in [2.45, 2.75) is 20.4 Å². The number of nitrogens with one attached hydrogen (secondary N) is 1. The van der Waals surface area contributed by atoms with Gasteiger partial charge in [-0.25, -0.2) is 0 Å². The van der Waals surface area contributed by atoms with Crippen LogP contribution in [0.1, 0.15) is 29.3 Å². The van der Waals surface area contributed by atoms with Crippen LogP contribution in [0, 0.1) is 30.1 Å². The molecule has 0 unspecified atom stereocenters. The number of amides is 1. The van der Waals surface area contributed by atoms with Gasteiger partial charge in [-0.2, -0.15) is 5.26 Å². The van der Waals surface area contributed by atoms with Gasteiger partial charge in [0.15, 0.2) is 0 Å². The van der Waals surface area contributed by atoms with Crippen LogP contribution in [-0.4, -0.2) is 11.0 Å². The van der Waals surface area contributed by atoms with E-state index in [2.05, 4.69) is 33.9 Å². The van der Waals surface area contributed by atoms with Gasteiger partial charge in [0.25, 0.3) is 0 Å². The summed E-state index contributed by atoms with van der Waals surface area (Å²) in [6, 6.07) is 15.7. The van der Waals surface area contributed by atoms with Crippen molar-refractivity contribution in [2.24, 2.45) is 0 Å². The summed E-state index contributed by atoms with van der Waals surface area (Å²) in [4.78, 5) is 10.4. The SMILES string of the molecule is CCn1c(C#Cc2ccc(NC=O)cc2)c(C#N)c2ccc(C)cc21. The highest BCUT2D eigenvalue weighted by Gasteiger charge is 2.14. The molecule has 4 nitrogen and oxygen atoms in total. The number of nitriles is 1. The fraction of sp³-hybridized carbons (Fsp3) is 0.143. The Morgan fingerprint density at radius 1 is 1.16 bits per heavy atom. The number of hydrogen-bond donors (Lipinski definition) is 1. The second-order valence-electron chi connectivity index (χ2n) is 5.69. The summed E-state index contributed by atoms with van der Waals surface area (Å²) in [6.07, 6.45) is 0.640. The number of nitrogens with zero attached hydrogens (tertiary/aromatic N) is 2. The van der Waals surface area contributed by atoms with E-state index in [-0.39, 0.29) is 0 Å². The van der Waals surface area contributed by atoms with Crippen LogP contribution in [0.5, 0.6) is 0 Å². The van der Waals surface area contributed by atoms with Crippen LogP contribution >= 0.6 is 0 Å². The number of carbonyl (C=O) groups excluding carboxylic acids is 1. The number of aromatic nitrogens is 1. The second kappa shape index (κ2) is 6.95. The second-order valence-corrected chi connectivity index (χ2v) is 5.69. The van der Waals surface area contributed by atoms with Crippen molar-refractivity contribution in [3.8, 4) is 17.9 Å². The minimum atomic E-state index is 0.614. The average molecular weight is 327 g/mol. The summed E-state index contributed by atoms with van der Waals surface area (Å²) in [5.74, 6) is 6.28. The minimum Gasteiger partial charge on any atom is -0.333 e. The molecule has 0 saturated carbocycles. The van der Waals surface area contributed by atoms with Crippen molar-refractivity contribution in [1.82, 2.24) is 4.57 Å². The topological polar surface area (TPSA) is 57.8 Å². The fourth-order valence-electron chi connectivity index (χ4n) is 2.88. The molecule has 1 amide bonds. The predicted molar refractivity (Wildman–Crippen MR) is 99.2 cm³/mol. The van der Waals surface area contributed by atoms with Crippen molar-refractivity contribution in [1.29, 1.82) is 5.26 Å². The molecular weight excluding hydrogens is 310 g/mol. The maximum absolute atomic E-state index is 10.4. The van der Waals surface area contributed by atoms with Gasteiger partial charge in [0.2, 0.25) is 6.41 Å². The van der Waals surface area contributed by atoms with Gasteiger partial charge in [-0.15, -0.1) is 0 Å². The molecule has 0 saturated heterocycles. The third-order valence-corrected chi connectivity index (χ3v) is 4.08. The van der Waals surface area contributed by atoms with E-state index in [4.69, 9.17) is 0 Å². The molecule has 1 N–H and O–H groups in total. The fourth-order valence-corrected chi connectivity index (χ4v) is 2.88. The molecule has 3 aromatic rings. The first-order valence-corrected chi connectivity index (χ1v) is 8.03. The largest absolute Gasteiger partial charge is 0.333 e. The van der Waals surface area contributed by atoms with Crippen LogP contribution in [0.3, 0.4) is 0 Å². The minimum absolute atomic E-state index is 0.614. The highest BCUT2D eigenvalue weighted by atomic mass is 16.1. The van der Waals surface area contributed by atoms with Crippen LogP contribution in [0.25, 0.3) is 10.9 Å². The lowest BCUT2D eigenvalue weighted by Crippen LogP contribution is -1.98. The van der Waals surface area contributed by atoms with Gasteiger partial charge in [-0.3, -0.25) is 4.79 Å². The van der Waals surface area contributed by atoms with Crippen molar-refractivity contribution in [3.05, 3.63) is 64.8 Å². The monoisotopic (exact) mass is 327 g/mol. The highest BCUT2D eigenvalue weighted by Crippen LogP contribution is 2.26. The normalized spacial score (nSPS) is 9.96. The molecule has 3 rings (SSSR count). The van der Waals surface area contributed by atoms with Gasteiger partial charge >= 0.3 is 0 Å². The number of fused-ring (bicyclic) bond motifs is 1. The molecule has 4 heteroatoms. The molecule has 0 spiro atoms. The Balaban J connectivity index is 2.10. The lowest BCUT2D eigenvalue weighted by Gasteiger charge is -2.03. The van der Waals surface area contributed by atoms with Crippen LogP contribution in [-0.2, 0) is 11.3 Å². The van der Waals surface area contributed by atoms with Crippen LogP contribution in [0.4, 0.5) is 5.69 Å². The quantitative estimate of drug-likeness (QED) is 0.587. The Hall–Kier alpha value is -3.50. The summed E-state index contributed by atoms with van der Waals surface area (Å²) in [5.41, 5.74) is 5.08. The predicted octanol–water partition coefficient (Wildman–Crippen LogP) is 3.81. The summed E-state index contributed by atoms with van der Waals surface area (Å²) in [5, 5.41) is 13.1. The van der Waals surface area contributed by atoms with Crippen LogP contribution in [0.2, 0.25) is 0 Å². The zero-order chi connectivity index (χ0) is 17.8. The first kappa shape index (κ1) is 16.4. The number of aryl methyl sites for hydroxylation is 2. The van der Waals surface area contributed by atoms with Crippen molar-refractivity contribution in [2.75, 3.05) is 5.32 Å².